The van der Waals surface area contributed by atoms with Gasteiger partial charge in [-0.15, -0.1) is 0 Å². The van der Waals surface area contributed by atoms with Gasteiger partial charge in [0.1, 0.15) is 11.5 Å². The van der Waals surface area contributed by atoms with Gasteiger partial charge in [-0.05, 0) is 36.5 Å². The highest BCUT2D eigenvalue weighted by Gasteiger charge is 2.38. The number of fused-ring (bicyclic) bond motifs is 4. The first-order chi connectivity index (χ1) is 13.1. The Morgan fingerprint density at radius 3 is 2.63 bits per heavy atom. The number of carbonyl (C=O) groups is 2. The summed E-state index contributed by atoms with van der Waals surface area (Å²) in [5.41, 5.74) is 1.14. The molecule has 3 fully saturated rings. The molecule has 4 heterocycles. The van der Waals surface area contributed by atoms with Gasteiger partial charge in [-0.3, -0.25) is 14.6 Å². The molecule has 5 rings (SSSR count). The zero-order valence-corrected chi connectivity index (χ0v) is 14.9. The number of carbonyl (C=O) groups excluding carboxylic acids is 2. The van der Waals surface area contributed by atoms with Crippen LogP contribution < -0.4 is 0 Å². The third-order valence-corrected chi connectivity index (χ3v) is 5.37. The predicted molar refractivity (Wildman–Crippen MR) is 96.3 cm³/mol. The van der Waals surface area contributed by atoms with Crippen molar-refractivity contribution in [2.75, 3.05) is 19.6 Å². The molecule has 140 valence electrons. The Morgan fingerprint density at radius 2 is 1.89 bits per heavy atom. The second-order valence-corrected chi connectivity index (χ2v) is 7.25. The lowest BCUT2D eigenvalue weighted by Gasteiger charge is -2.36. The summed E-state index contributed by atoms with van der Waals surface area (Å²) in [6.45, 7) is 1.81. The van der Waals surface area contributed by atoms with E-state index in [0.717, 1.165) is 18.4 Å². The van der Waals surface area contributed by atoms with Gasteiger partial charge >= 0.3 is 0 Å². The molecule has 1 aromatic heterocycles. The Kier molecular flexibility index (Phi) is 4.83. The van der Waals surface area contributed by atoms with Crippen molar-refractivity contribution >= 4 is 11.8 Å². The fourth-order valence-corrected chi connectivity index (χ4v) is 4.00. The molecule has 0 radical (unpaired) electrons. The lowest BCUT2D eigenvalue weighted by molar-refractivity contribution is -0.134. The SMILES string of the molecule is O=C(c1cnccn1)N1CC2CCC(C1)N(C(=O)Cc1ccc(F)cc1)C2. The Bertz CT molecular complexity index is 828. The molecule has 27 heavy (non-hydrogen) atoms. The normalized spacial score (nSPS) is 21.8. The van der Waals surface area contributed by atoms with Crippen molar-refractivity contribution in [2.45, 2.75) is 25.3 Å². The van der Waals surface area contributed by atoms with Crippen molar-refractivity contribution in [1.29, 1.82) is 0 Å². The second kappa shape index (κ2) is 7.42. The minimum absolute atomic E-state index is 0.0114. The lowest BCUT2D eigenvalue weighted by Crippen LogP contribution is -2.48. The quantitative estimate of drug-likeness (QED) is 0.830. The average Bonchev–Trinajstić information content (AvgIpc) is 3.02. The number of hydrogen-bond donors (Lipinski definition) is 0. The molecule has 1 aromatic carbocycles. The highest BCUT2D eigenvalue weighted by molar-refractivity contribution is 5.92. The standard InChI is InChI=1S/C20H21FN4O2/c21-16-4-1-14(2-5-16)9-19(26)25-12-15-3-6-17(25)13-24(11-15)20(27)18-10-22-7-8-23-18/h1-2,4-5,7-8,10,15,17H,3,6,9,11-13H2. The number of halogens is 1. The van der Waals surface area contributed by atoms with Crippen LogP contribution in [-0.4, -0.2) is 57.3 Å². The van der Waals surface area contributed by atoms with Crippen molar-refractivity contribution in [3.63, 3.8) is 0 Å². The van der Waals surface area contributed by atoms with Crippen molar-refractivity contribution in [3.8, 4) is 0 Å². The van der Waals surface area contributed by atoms with Crippen LogP contribution in [0.1, 0.15) is 28.9 Å². The first kappa shape index (κ1) is 17.6. The number of aromatic nitrogens is 2. The highest BCUT2D eigenvalue weighted by atomic mass is 19.1. The summed E-state index contributed by atoms with van der Waals surface area (Å²) in [5.74, 6) is -0.141. The number of piperidine rings is 1. The minimum Gasteiger partial charge on any atom is -0.337 e. The third kappa shape index (κ3) is 3.82. The lowest BCUT2D eigenvalue weighted by atomic mass is 9.94. The highest BCUT2D eigenvalue weighted by Crippen LogP contribution is 2.29. The first-order valence-electron chi connectivity index (χ1n) is 9.19. The van der Waals surface area contributed by atoms with E-state index in [9.17, 15) is 14.0 Å². The van der Waals surface area contributed by atoms with Crippen LogP contribution in [-0.2, 0) is 11.2 Å². The second-order valence-electron chi connectivity index (χ2n) is 7.25. The molecule has 0 aliphatic carbocycles. The van der Waals surface area contributed by atoms with Crippen LogP contribution in [0.4, 0.5) is 4.39 Å². The monoisotopic (exact) mass is 368 g/mol. The van der Waals surface area contributed by atoms with Crippen LogP contribution in [0, 0.1) is 11.7 Å². The smallest absolute Gasteiger partial charge is 0.274 e. The van der Waals surface area contributed by atoms with Crippen molar-refractivity contribution in [1.82, 2.24) is 19.8 Å². The van der Waals surface area contributed by atoms with Gasteiger partial charge < -0.3 is 9.80 Å². The molecule has 0 spiro atoms. The summed E-state index contributed by atoms with van der Waals surface area (Å²) in [6.07, 6.45) is 6.68. The molecule has 3 saturated heterocycles. The Hall–Kier alpha value is -2.83. The van der Waals surface area contributed by atoms with Gasteiger partial charge in [0, 0.05) is 38.1 Å². The number of nitrogens with zero attached hydrogens (tertiary/aromatic N) is 4. The molecule has 7 heteroatoms. The molecule has 6 nitrogen and oxygen atoms in total. The molecule has 2 bridgehead atoms. The molecule has 2 aromatic rings. The number of hydrogen-bond acceptors (Lipinski definition) is 4. The van der Waals surface area contributed by atoms with Gasteiger partial charge in [-0.2, -0.15) is 0 Å². The number of benzene rings is 1. The van der Waals surface area contributed by atoms with E-state index in [0.29, 0.717) is 25.3 Å². The fourth-order valence-electron chi connectivity index (χ4n) is 4.00. The number of rotatable bonds is 3. The van der Waals surface area contributed by atoms with Crippen LogP contribution in [0.15, 0.2) is 42.9 Å². The van der Waals surface area contributed by atoms with Gasteiger partial charge in [0.2, 0.25) is 5.91 Å². The summed E-state index contributed by atoms with van der Waals surface area (Å²) >= 11 is 0. The van der Waals surface area contributed by atoms with E-state index in [1.807, 2.05) is 4.90 Å². The molecule has 0 N–H and O–H groups in total. The molecule has 2 atom stereocenters. The maximum absolute atomic E-state index is 13.1. The summed E-state index contributed by atoms with van der Waals surface area (Å²) in [6, 6.07) is 6.05. The largest absolute Gasteiger partial charge is 0.337 e. The molecular weight excluding hydrogens is 347 g/mol. The predicted octanol–water partition coefficient (Wildman–Crippen LogP) is 1.92. The summed E-state index contributed by atoms with van der Waals surface area (Å²) < 4.78 is 13.1. The van der Waals surface area contributed by atoms with E-state index in [-0.39, 0.29) is 36.0 Å². The zero-order valence-electron chi connectivity index (χ0n) is 14.9. The van der Waals surface area contributed by atoms with E-state index in [1.165, 1.54) is 24.5 Å². The van der Waals surface area contributed by atoms with Crippen LogP contribution in [0.2, 0.25) is 0 Å². The van der Waals surface area contributed by atoms with Crippen LogP contribution >= 0.6 is 0 Å². The average molecular weight is 368 g/mol. The Labute approximate surface area is 157 Å². The van der Waals surface area contributed by atoms with Gasteiger partial charge in [-0.1, -0.05) is 12.1 Å². The minimum atomic E-state index is -0.307. The molecule has 3 aliphatic heterocycles. The van der Waals surface area contributed by atoms with E-state index in [2.05, 4.69) is 9.97 Å². The first-order valence-corrected chi connectivity index (χ1v) is 9.19. The molecule has 0 saturated carbocycles. The maximum Gasteiger partial charge on any atom is 0.274 e. The van der Waals surface area contributed by atoms with Crippen LogP contribution in [0.5, 0.6) is 0 Å². The van der Waals surface area contributed by atoms with Crippen molar-refractivity contribution in [2.24, 2.45) is 5.92 Å². The van der Waals surface area contributed by atoms with E-state index in [4.69, 9.17) is 0 Å². The summed E-state index contributed by atoms with van der Waals surface area (Å²) in [4.78, 5) is 37.4. The van der Waals surface area contributed by atoms with E-state index >= 15 is 0 Å². The van der Waals surface area contributed by atoms with Gasteiger partial charge in [0.15, 0.2) is 0 Å². The van der Waals surface area contributed by atoms with Gasteiger partial charge in [-0.25, -0.2) is 9.37 Å². The molecule has 2 unspecified atom stereocenters. The van der Waals surface area contributed by atoms with E-state index < -0.39 is 0 Å². The molecule has 3 aliphatic rings. The van der Waals surface area contributed by atoms with Gasteiger partial charge in [0.25, 0.3) is 5.91 Å². The Morgan fingerprint density at radius 1 is 1.07 bits per heavy atom. The number of amides is 2. The van der Waals surface area contributed by atoms with Crippen LogP contribution in [0.3, 0.4) is 0 Å². The zero-order chi connectivity index (χ0) is 18.8. The van der Waals surface area contributed by atoms with E-state index in [1.54, 1.807) is 23.2 Å². The fraction of sp³-hybridized carbons (Fsp3) is 0.400. The van der Waals surface area contributed by atoms with Gasteiger partial charge in [0.05, 0.1) is 12.6 Å². The Balaban J connectivity index is 1.47. The molecular formula is C20H21FN4O2. The van der Waals surface area contributed by atoms with Crippen LogP contribution in [0.25, 0.3) is 0 Å². The van der Waals surface area contributed by atoms with Crippen molar-refractivity contribution < 1.29 is 14.0 Å². The maximum atomic E-state index is 13.1. The summed E-state index contributed by atoms with van der Waals surface area (Å²) in [7, 11) is 0. The third-order valence-electron chi connectivity index (χ3n) is 5.37. The summed E-state index contributed by atoms with van der Waals surface area (Å²) in [5, 5.41) is 0. The molecule has 2 amide bonds. The van der Waals surface area contributed by atoms with Crippen molar-refractivity contribution in [3.05, 3.63) is 59.9 Å². The topological polar surface area (TPSA) is 66.4 Å².